The van der Waals surface area contributed by atoms with Crippen LogP contribution in [0.3, 0.4) is 0 Å². The van der Waals surface area contributed by atoms with Crippen molar-refractivity contribution in [3.05, 3.63) is 0 Å². The van der Waals surface area contributed by atoms with Gasteiger partial charge in [0.15, 0.2) is 0 Å². The Labute approximate surface area is 81.3 Å². The van der Waals surface area contributed by atoms with Crippen LogP contribution in [-0.4, -0.2) is 23.9 Å². The van der Waals surface area contributed by atoms with Crippen LogP contribution in [-0.2, 0) is 4.74 Å². The van der Waals surface area contributed by atoms with Crippen molar-refractivity contribution in [2.45, 2.75) is 58.7 Å². The van der Waals surface area contributed by atoms with E-state index >= 15 is 0 Å². The highest BCUT2D eigenvalue weighted by atomic mass is 16.5. The van der Waals surface area contributed by atoms with Gasteiger partial charge in [-0.05, 0) is 31.1 Å². The monoisotopic (exact) mass is 186 g/mol. The van der Waals surface area contributed by atoms with Gasteiger partial charge in [0, 0.05) is 6.61 Å². The Hall–Kier alpha value is -0.0800. The summed E-state index contributed by atoms with van der Waals surface area (Å²) in [6.45, 7) is 6.61. The van der Waals surface area contributed by atoms with Crippen molar-refractivity contribution >= 4 is 0 Å². The van der Waals surface area contributed by atoms with Crippen molar-refractivity contribution in [1.29, 1.82) is 0 Å². The minimum absolute atomic E-state index is 0.0211. The van der Waals surface area contributed by atoms with Crippen LogP contribution in [0.25, 0.3) is 0 Å². The number of hydrogen-bond donors (Lipinski definition) is 1. The molecule has 0 aliphatic carbocycles. The molecule has 1 fully saturated rings. The molecule has 2 unspecified atom stereocenters. The molecular formula is C11H22O2. The summed E-state index contributed by atoms with van der Waals surface area (Å²) < 4.78 is 5.84. The van der Waals surface area contributed by atoms with E-state index in [2.05, 4.69) is 20.8 Å². The second-order valence-corrected chi connectivity index (χ2v) is 4.89. The van der Waals surface area contributed by atoms with Gasteiger partial charge in [-0.3, -0.25) is 0 Å². The van der Waals surface area contributed by atoms with Crippen LogP contribution in [0, 0.1) is 5.41 Å². The van der Waals surface area contributed by atoms with Gasteiger partial charge in [-0.2, -0.15) is 0 Å². The highest BCUT2D eigenvalue weighted by molar-refractivity contribution is 4.79. The van der Waals surface area contributed by atoms with E-state index in [1.165, 1.54) is 12.8 Å². The van der Waals surface area contributed by atoms with Gasteiger partial charge in [0.25, 0.3) is 0 Å². The topological polar surface area (TPSA) is 29.5 Å². The summed E-state index contributed by atoms with van der Waals surface area (Å²) >= 11 is 0. The Kier molecular flexibility index (Phi) is 3.74. The van der Waals surface area contributed by atoms with E-state index in [9.17, 15) is 0 Å². The number of hydrogen-bond acceptors (Lipinski definition) is 2. The van der Waals surface area contributed by atoms with E-state index < -0.39 is 0 Å². The standard InChI is InChI=1S/C11H22O2/c1-4-9-5-6-10(13-9)7-11(2,3)8-12/h9-10,12H,4-8H2,1-3H3. The largest absolute Gasteiger partial charge is 0.396 e. The average molecular weight is 186 g/mol. The van der Waals surface area contributed by atoms with Crippen LogP contribution in [0.15, 0.2) is 0 Å². The first-order valence-corrected chi connectivity index (χ1v) is 5.33. The minimum atomic E-state index is 0.0211. The molecule has 1 aliphatic rings. The van der Waals surface area contributed by atoms with Crippen LogP contribution in [0.4, 0.5) is 0 Å². The van der Waals surface area contributed by atoms with Gasteiger partial charge >= 0.3 is 0 Å². The van der Waals surface area contributed by atoms with Crippen molar-refractivity contribution in [2.75, 3.05) is 6.61 Å². The van der Waals surface area contributed by atoms with E-state index in [-0.39, 0.29) is 12.0 Å². The normalized spacial score (nSPS) is 29.5. The molecule has 13 heavy (non-hydrogen) atoms. The smallest absolute Gasteiger partial charge is 0.0585 e. The maximum Gasteiger partial charge on any atom is 0.0585 e. The van der Waals surface area contributed by atoms with Crippen LogP contribution >= 0.6 is 0 Å². The minimum Gasteiger partial charge on any atom is -0.396 e. The third kappa shape index (κ3) is 3.28. The first-order valence-electron chi connectivity index (χ1n) is 5.33. The lowest BCUT2D eigenvalue weighted by atomic mass is 9.87. The molecule has 2 heteroatoms. The molecule has 0 saturated carbocycles. The molecule has 1 rings (SSSR count). The molecule has 0 radical (unpaired) electrons. The number of ether oxygens (including phenoxy) is 1. The summed E-state index contributed by atoms with van der Waals surface area (Å²) in [5.41, 5.74) is 0.0211. The molecule has 0 aromatic heterocycles. The van der Waals surface area contributed by atoms with Crippen LogP contribution in [0.2, 0.25) is 0 Å². The van der Waals surface area contributed by atoms with Crippen molar-refractivity contribution in [3.8, 4) is 0 Å². The molecule has 0 spiro atoms. The lowest BCUT2D eigenvalue weighted by Crippen LogP contribution is -2.24. The molecule has 0 amide bonds. The maximum absolute atomic E-state index is 9.12. The first-order chi connectivity index (χ1) is 6.07. The fourth-order valence-corrected chi connectivity index (χ4v) is 1.91. The third-order valence-electron chi connectivity index (χ3n) is 2.86. The molecular weight excluding hydrogens is 164 g/mol. The maximum atomic E-state index is 9.12. The van der Waals surface area contributed by atoms with E-state index in [1.807, 2.05) is 0 Å². The molecule has 0 aromatic rings. The summed E-state index contributed by atoms with van der Waals surface area (Å²) in [6.07, 6.45) is 5.33. The SMILES string of the molecule is CCC1CCC(CC(C)(C)CO)O1. The highest BCUT2D eigenvalue weighted by Gasteiger charge is 2.29. The van der Waals surface area contributed by atoms with Gasteiger partial charge < -0.3 is 9.84 Å². The molecule has 0 bridgehead atoms. The Morgan fingerprint density at radius 1 is 1.31 bits per heavy atom. The van der Waals surface area contributed by atoms with Gasteiger partial charge in [0.05, 0.1) is 12.2 Å². The van der Waals surface area contributed by atoms with E-state index in [1.54, 1.807) is 0 Å². The Bertz CT molecular complexity index is 154. The van der Waals surface area contributed by atoms with Crippen LogP contribution in [0.1, 0.15) is 46.5 Å². The molecule has 1 heterocycles. The summed E-state index contributed by atoms with van der Waals surface area (Å²) in [5, 5.41) is 9.12. The second kappa shape index (κ2) is 4.43. The van der Waals surface area contributed by atoms with Crippen LogP contribution in [0.5, 0.6) is 0 Å². The number of rotatable bonds is 4. The lowest BCUT2D eigenvalue weighted by molar-refractivity contribution is 0.00671. The molecule has 78 valence electrons. The third-order valence-corrected chi connectivity index (χ3v) is 2.86. The van der Waals surface area contributed by atoms with Gasteiger partial charge in [-0.15, -0.1) is 0 Å². The zero-order chi connectivity index (χ0) is 9.90. The summed E-state index contributed by atoms with van der Waals surface area (Å²) in [6, 6.07) is 0. The molecule has 0 aromatic carbocycles. The molecule has 1 aliphatic heterocycles. The predicted octanol–water partition coefficient (Wildman–Crippen LogP) is 2.35. The quantitative estimate of drug-likeness (QED) is 0.730. The summed E-state index contributed by atoms with van der Waals surface area (Å²) in [4.78, 5) is 0. The van der Waals surface area contributed by atoms with E-state index in [0.29, 0.717) is 12.2 Å². The van der Waals surface area contributed by atoms with E-state index in [0.717, 1.165) is 12.8 Å². The van der Waals surface area contributed by atoms with Gasteiger partial charge in [-0.1, -0.05) is 20.8 Å². The molecule has 2 nitrogen and oxygen atoms in total. The summed E-state index contributed by atoms with van der Waals surface area (Å²) in [5.74, 6) is 0. The average Bonchev–Trinajstić information content (AvgIpc) is 2.52. The Morgan fingerprint density at radius 2 is 1.92 bits per heavy atom. The summed E-state index contributed by atoms with van der Waals surface area (Å²) in [7, 11) is 0. The zero-order valence-corrected chi connectivity index (χ0v) is 9.05. The van der Waals surface area contributed by atoms with E-state index in [4.69, 9.17) is 9.84 Å². The van der Waals surface area contributed by atoms with Crippen LogP contribution < -0.4 is 0 Å². The fraction of sp³-hybridized carbons (Fsp3) is 1.00. The predicted molar refractivity (Wildman–Crippen MR) is 53.7 cm³/mol. The second-order valence-electron chi connectivity index (χ2n) is 4.89. The van der Waals surface area contributed by atoms with Gasteiger partial charge in [0.2, 0.25) is 0 Å². The first kappa shape index (κ1) is 11.0. The van der Waals surface area contributed by atoms with Crippen molar-refractivity contribution < 1.29 is 9.84 Å². The number of aliphatic hydroxyl groups excluding tert-OH is 1. The lowest BCUT2D eigenvalue weighted by Gasteiger charge is -2.25. The van der Waals surface area contributed by atoms with Gasteiger partial charge in [0.1, 0.15) is 0 Å². The molecule has 1 N–H and O–H groups in total. The molecule has 2 atom stereocenters. The molecule has 1 saturated heterocycles. The Morgan fingerprint density at radius 3 is 2.38 bits per heavy atom. The van der Waals surface area contributed by atoms with Crippen molar-refractivity contribution in [1.82, 2.24) is 0 Å². The highest BCUT2D eigenvalue weighted by Crippen LogP contribution is 2.31. The van der Waals surface area contributed by atoms with Gasteiger partial charge in [-0.25, -0.2) is 0 Å². The Balaban J connectivity index is 2.31. The van der Waals surface area contributed by atoms with Crippen molar-refractivity contribution in [2.24, 2.45) is 5.41 Å². The number of aliphatic hydroxyl groups is 1. The zero-order valence-electron chi connectivity index (χ0n) is 9.05. The van der Waals surface area contributed by atoms with Crippen molar-refractivity contribution in [3.63, 3.8) is 0 Å². The fourth-order valence-electron chi connectivity index (χ4n) is 1.91.